The fourth-order valence-corrected chi connectivity index (χ4v) is 2.34. The van der Waals surface area contributed by atoms with E-state index in [2.05, 4.69) is 10.2 Å². The van der Waals surface area contributed by atoms with Gasteiger partial charge in [0.1, 0.15) is 5.82 Å². The van der Waals surface area contributed by atoms with Gasteiger partial charge in [0, 0.05) is 26.2 Å². The van der Waals surface area contributed by atoms with Gasteiger partial charge < -0.3 is 10.1 Å². The molecule has 0 bridgehead atoms. The van der Waals surface area contributed by atoms with Crippen LogP contribution in [0.4, 0.5) is 4.39 Å². The summed E-state index contributed by atoms with van der Waals surface area (Å²) in [6.07, 6.45) is 0.169. The second-order valence-corrected chi connectivity index (χ2v) is 4.75. The highest BCUT2D eigenvalue weighted by atomic mass is 19.1. The predicted molar refractivity (Wildman–Crippen MR) is 70.1 cm³/mol. The molecule has 1 atom stereocenters. The third-order valence-corrected chi connectivity index (χ3v) is 3.15. The molecule has 0 radical (unpaired) electrons. The maximum absolute atomic E-state index is 13.4. The van der Waals surface area contributed by atoms with Crippen molar-refractivity contribution >= 4 is 0 Å². The number of nitrogens with one attached hydrogen (secondary N) is 1. The Bertz CT molecular complexity index is 470. The molecule has 1 aliphatic rings. The number of nitrogens with zero attached hydrogens (tertiary/aromatic N) is 2. The third kappa shape index (κ3) is 4.00. The summed E-state index contributed by atoms with van der Waals surface area (Å²) in [6, 6.07) is 6.47. The largest absolute Gasteiger partial charge is 0.374 e. The van der Waals surface area contributed by atoms with Gasteiger partial charge in [-0.3, -0.25) is 4.90 Å². The molecule has 19 heavy (non-hydrogen) atoms. The molecule has 0 amide bonds. The number of halogens is 1. The highest BCUT2D eigenvalue weighted by Crippen LogP contribution is 2.13. The summed E-state index contributed by atoms with van der Waals surface area (Å²) in [6.45, 7) is 3.80. The molecule has 102 valence electrons. The molecule has 1 aromatic rings. The predicted octanol–water partition coefficient (Wildman–Crippen LogP) is 1.12. The van der Waals surface area contributed by atoms with Gasteiger partial charge in [0.25, 0.3) is 0 Å². The van der Waals surface area contributed by atoms with Crippen molar-refractivity contribution in [1.29, 1.82) is 5.26 Å². The number of likely N-dealkylation sites (N-methyl/N-ethyl adjacent to an activating group) is 1. The van der Waals surface area contributed by atoms with Crippen LogP contribution in [-0.2, 0) is 11.3 Å². The number of ether oxygens (including phenoxy) is 1. The van der Waals surface area contributed by atoms with Crippen molar-refractivity contribution in [1.82, 2.24) is 10.2 Å². The Labute approximate surface area is 112 Å². The molecule has 1 unspecified atom stereocenters. The summed E-state index contributed by atoms with van der Waals surface area (Å²) < 4.78 is 19.0. The van der Waals surface area contributed by atoms with Gasteiger partial charge in [0.15, 0.2) is 0 Å². The smallest absolute Gasteiger partial charge is 0.124 e. The Morgan fingerprint density at radius 3 is 3.11 bits per heavy atom. The minimum absolute atomic E-state index is 0.169. The van der Waals surface area contributed by atoms with E-state index in [9.17, 15) is 4.39 Å². The molecule has 0 aliphatic carbocycles. The summed E-state index contributed by atoms with van der Waals surface area (Å²) in [4.78, 5) is 2.22. The zero-order chi connectivity index (χ0) is 13.7. The van der Waals surface area contributed by atoms with Crippen LogP contribution in [0.15, 0.2) is 18.2 Å². The van der Waals surface area contributed by atoms with E-state index in [1.807, 2.05) is 13.1 Å². The molecule has 1 aromatic carbocycles. The lowest BCUT2D eigenvalue weighted by molar-refractivity contribution is -0.0291. The van der Waals surface area contributed by atoms with E-state index in [1.165, 1.54) is 12.1 Å². The topological polar surface area (TPSA) is 48.3 Å². The van der Waals surface area contributed by atoms with Crippen LogP contribution in [0.3, 0.4) is 0 Å². The number of rotatable bonds is 4. The zero-order valence-electron chi connectivity index (χ0n) is 11.0. The second-order valence-electron chi connectivity index (χ2n) is 4.75. The number of nitriles is 1. The molecule has 0 saturated carbocycles. The first-order valence-electron chi connectivity index (χ1n) is 6.39. The van der Waals surface area contributed by atoms with Crippen LogP contribution in [0.1, 0.15) is 11.1 Å². The van der Waals surface area contributed by atoms with Crippen LogP contribution in [0.5, 0.6) is 0 Å². The summed E-state index contributed by atoms with van der Waals surface area (Å²) in [5.74, 6) is -0.353. The van der Waals surface area contributed by atoms with Crippen molar-refractivity contribution in [2.75, 3.05) is 33.3 Å². The van der Waals surface area contributed by atoms with E-state index >= 15 is 0 Å². The van der Waals surface area contributed by atoms with Crippen LogP contribution >= 0.6 is 0 Å². The van der Waals surface area contributed by atoms with Crippen LogP contribution in [0, 0.1) is 17.1 Å². The van der Waals surface area contributed by atoms with E-state index in [-0.39, 0.29) is 11.9 Å². The van der Waals surface area contributed by atoms with E-state index in [1.54, 1.807) is 6.07 Å². The van der Waals surface area contributed by atoms with Gasteiger partial charge in [0.2, 0.25) is 0 Å². The normalized spacial score (nSPS) is 20.2. The molecule has 1 aliphatic heterocycles. The summed E-state index contributed by atoms with van der Waals surface area (Å²) >= 11 is 0. The second kappa shape index (κ2) is 6.62. The fourth-order valence-electron chi connectivity index (χ4n) is 2.34. The average molecular weight is 263 g/mol. The van der Waals surface area contributed by atoms with Crippen LogP contribution in [0.2, 0.25) is 0 Å². The van der Waals surface area contributed by atoms with E-state index < -0.39 is 0 Å². The SMILES string of the molecule is CNCC1CN(Cc2cc(F)cc(C#N)c2)CCO1. The van der Waals surface area contributed by atoms with Crippen molar-refractivity contribution in [3.63, 3.8) is 0 Å². The summed E-state index contributed by atoms with van der Waals surface area (Å²) in [7, 11) is 1.90. The van der Waals surface area contributed by atoms with Gasteiger partial charge in [-0.15, -0.1) is 0 Å². The first-order chi connectivity index (χ1) is 9.21. The highest BCUT2D eigenvalue weighted by Gasteiger charge is 2.20. The lowest BCUT2D eigenvalue weighted by atomic mass is 10.1. The van der Waals surface area contributed by atoms with Crippen LogP contribution < -0.4 is 5.32 Å². The minimum atomic E-state index is -0.353. The Kier molecular flexibility index (Phi) is 4.86. The maximum Gasteiger partial charge on any atom is 0.124 e. The maximum atomic E-state index is 13.4. The van der Waals surface area contributed by atoms with Gasteiger partial charge in [-0.1, -0.05) is 0 Å². The van der Waals surface area contributed by atoms with Crippen LogP contribution in [-0.4, -0.2) is 44.3 Å². The van der Waals surface area contributed by atoms with E-state index in [0.29, 0.717) is 18.7 Å². The number of hydrogen-bond donors (Lipinski definition) is 1. The standard InChI is InChI=1S/C14H18FN3O/c1-17-8-14-10-18(2-3-19-14)9-12-4-11(7-16)5-13(15)6-12/h4-6,14,17H,2-3,8-10H2,1H3. The quantitative estimate of drug-likeness (QED) is 0.884. The zero-order valence-corrected chi connectivity index (χ0v) is 11.0. The van der Waals surface area contributed by atoms with Crippen molar-refractivity contribution in [3.8, 4) is 6.07 Å². The van der Waals surface area contributed by atoms with Gasteiger partial charge >= 0.3 is 0 Å². The summed E-state index contributed by atoms with van der Waals surface area (Å²) in [5.41, 5.74) is 1.21. The average Bonchev–Trinajstić information content (AvgIpc) is 2.39. The number of benzene rings is 1. The molecule has 1 saturated heterocycles. The van der Waals surface area contributed by atoms with Gasteiger partial charge in [-0.05, 0) is 30.8 Å². The molecule has 4 nitrogen and oxygen atoms in total. The van der Waals surface area contributed by atoms with Gasteiger partial charge in [-0.25, -0.2) is 4.39 Å². The molecule has 1 heterocycles. The van der Waals surface area contributed by atoms with Gasteiger partial charge in [-0.2, -0.15) is 5.26 Å². The Morgan fingerprint density at radius 2 is 2.37 bits per heavy atom. The Hall–Kier alpha value is -1.48. The number of hydrogen-bond acceptors (Lipinski definition) is 4. The minimum Gasteiger partial charge on any atom is -0.374 e. The molecule has 0 aromatic heterocycles. The Balaban J connectivity index is 2.00. The third-order valence-electron chi connectivity index (χ3n) is 3.15. The van der Waals surface area contributed by atoms with Gasteiger partial charge in [0.05, 0.1) is 24.3 Å². The first kappa shape index (κ1) is 13.9. The fraction of sp³-hybridized carbons (Fsp3) is 0.500. The van der Waals surface area contributed by atoms with E-state index in [4.69, 9.17) is 10.00 Å². The van der Waals surface area contributed by atoms with Crippen LogP contribution in [0.25, 0.3) is 0 Å². The molecular weight excluding hydrogens is 245 g/mol. The molecule has 0 spiro atoms. The van der Waals surface area contributed by atoms with E-state index in [0.717, 1.165) is 25.2 Å². The monoisotopic (exact) mass is 263 g/mol. The van der Waals surface area contributed by atoms with Crippen molar-refractivity contribution in [2.45, 2.75) is 12.6 Å². The molecule has 2 rings (SSSR count). The Morgan fingerprint density at radius 1 is 1.53 bits per heavy atom. The van der Waals surface area contributed by atoms with Crippen molar-refractivity contribution in [3.05, 3.63) is 35.1 Å². The molecule has 1 fully saturated rings. The van der Waals surface area contributed by atoms with Crippen molar-refractivity contribution in [2.24, 2.45) is 0 Å². The number of morpholine rings is 1. The molecule has 5 heteroatoms. The molecule has 1 N–H and O–H groups in total. The van der Waals surface area contributed by atoms with Crippen molar-refractivity contribution < 1.29 is 9.13 Å². The summed E-state index contributed by atoms with van der Waals surface area (Å²) in [5, 5.41) is 11.9. The molecular formula is C14H18FN3O. The highest BCUT2D eigenvalue weighted by molar-refractivity contribution is 5.33. The lowest BCUT2D eigenvalue weighted by Gasteiger charge is -2.32. The first-order valence-corrected chi connectivity index (χ1v) is 6.39. The lowest BCUT2D eigenvalue weighted by Crippen LogP contribution is -2.45.